The van der Waals surface area contributed by atoms with E-state index in [1.54, 1.807) is 4.90 Å². The van der Waals surface area contributed by atoms with Gasteiger partial charge in [-0.2, -0.15) is 0 Å². The number of likely N-dealkylation sites (tertiary alicyclic amines) is 1. The molecule has 2 rings (SSSR count). The van der Waals surface area contributed by atoms with Gasteiger partial charge in [-0.25, -0.2) is 0 Å². The van der Waals surface area contributed by atoms with Gasteiger partial charge in [0.2, 0.25) is 17.7 Å². The molecule has 1 heterocycles. The van der Waals surface area contributed by atoms with Gasteiger partial charge >= 0.3 is 0 Å². The number of nitrogens with two attached hydrogens (primary N) is 1. The number of β-lactam (4-membered cyclic amide) rings is 1. The van der Waals surface area contributed by atoms with Crippen LogP contribution in [0.4, 0.5) is 0 Å². The summed E-state index contributed by atoms with van der Waals surface area (Å²) in [5.74, 6) is -0.563. The number of carbonyl (C=O) groups excluding carboxylic acids is 4. The zero-order valence-corrected chi connectivity index (χ0v) is 15.3. The Kier molecular flexibility index (Phi) is 5.85. The van der Waals surface area contributed by atoms with Gasteiger partial charge in [-0.05, 0) is 39.0 Å². The van der Waals surface area contributed by atoms with Gasteiger partial charge in [-0.1, -0.05) is 13.8 Å². The van der Waals surface area contributed by atoms with Crippen molar-refractivity contribution in [3.63, 3.8) is 0 Å². The monoisotopic (exact) mass is 351 g/mol. The van der Waals surface area contributed by atoms with Crippen molar-refractivity contribution >= 4 is 23.5 Å². The number of hydrogen-bond donors (Lipinski definition) is 2. The van der Waals surface area contributed by atoms with Crippen LogP contribution in [-0.4, -0.2) is 47.0 Å². The summed E-state index contributed by atoms with van der Waals surface area (Å²) in [6.07, 6.45) is 3.41. The standard InChI is InChI=1S/C18H29N3O4/c1-11(2)16(24)20-13-6-8-18(9-7-13)10-21(17(18)25)14(12(3)22)4-5-15(19)23/h11,13-14H,4-10H2,1-3H3,(H2,19,23)(H,20,24). The van der Waals surface area contributed by atoms with E-state index in [0.29, 0.717) is 13.0 Å². The third kappa shape index (κ3) is 4.19. The van der Waals surface area contributed by atoms with Gasteiger partial charge in [0.05, 0.1) is 11.5 Å². The summed E-state index contributed by atoms with van der Waals surface area (Å²) in [6.45, 7) is 5.73. The Balaban J connectivity index is 1.90. The Morgan fingerprint density at radius 3 is 2.32 bits per heavy atom. The average Bonchev–Trinajstić information content (AvgIpc) is 2.54. The number of carbonyl (C=O) groups is 4. The van der Waals surface area contributed by atoms with E-state index in [9.17, 15) is 19.2 Å². The maximum Gasteiger partial charge on any atom is 0.231 e. The second-order valence-electron chi connectivity index (χ2n) is 7.78. The maximum absolute atomic E-state index is 12.7. The van der Waals surface area contributed by atoms with Crippen LogP contribution in [0.25, 0.3) is 0 Å². The average molecular weight is 351 g/mol. The highest BCUT2D eigenvalue weighted by atomic mass is 16.2. The number of nitrogens with one attached hydrogen (secondary N) is 1. The molecule has 1 aliphatic carbocycles. The molecule has 1 aliphatic heterocycles. The lowest BCUT2D eigenvalue weighted by molar-refractivity contribution is -0.171. The summed E-state index contributed by atoms with van der Waals surface area (Å²) < 4.78 is 0. The van der Waals surface area contributed by atoms with E-state index in [1.807, 2.05) is 13.8 Å². The summed E-state index contributed by atoms with van der Waals surface area (Å²) in [5.41, 5.74) is 4.77. The molecule has 25 heavy (non-hydrogen) atoms. The van der Waals surface area contributed by atoms with Crippen molar-refractivity contribution in [3.8, 4) is 0 Å². The van der Waals surface area contributed by atoms with E-state index in [0.717, 1.165) is 25.7 Å². The van der Waals surface area contributed by atoms with Crippen LogP contribution in [0.1, 0.15) is 59.3 Å². The molecular weight excluding hydrogens is 322 g/mol. The topological polar surface area (TPSA) is 110 Å². The van der Waals surface area contributed by atoms with Crippen LogP contribution in [0.5, 0.6) is 0 Å². The second kappa shape index (κ2) is 7.54. The Bertz CT molecular complexity index is 565. The van der Waals surface area contributed by atoms with Crippen molar-refractivity contribution in [2.75, 3.05) is 6.54 Å². The zero-order valence-electron chi connectivity index (χ0n) is 15.3. The molecule has 7 nitrogen and oxygen atoms in total. The molecule has 0 radical (unpaired) electrons. The molecule has 2 aliphatic rings. The fourth-order valence-corrected chi connectivity index (χ4v) is 3.84. The molecule has 3 N–H and O–H groups in total. The van der Waals surface area contributed by atoms with Crippen LogP contribution in [0, 0.1) is 11.3 Å². The van der Waals surface area contributed by atoms with E-state index in [-0.39, 0.29) is 41.4 Å². The first kappa shape index (κ1) is 19.4. The smallest absolute Gasteiger partial charge is 0.231 e. The Hall–Kier alpha value is -1.92. The van der Waals surface area contributed by atoms with Crippen LogP contribution in [0.3, 0.4) is 0 Å². The predicted molar refractivity (Wildman–Crippen MR) is 92.3 cm³/mol. The summed E-state index contributed by atoms with van der Waals surface area (Å²) in [6, 6.07) is -0.426. The van der Waals surface area contributed by atoms with Crippen molar-refractivity contribution < 1.29 is 19.2 Å². The molecule has 7 heteroatoms. The highest BCUT2D eigenvalue weighted by Crippen LogP contribution is 2.46. The molecule has 140 valence electrons. The molecule has 0 aromatic heterocycles. The number of ketones is 1. The molecule has 0 aromatic rings. The highest BCUT2D eigenvalue weighted by Gasteiger charge is 2.55. The first-order valence-corrected chi connectivity index (χ1v) is 9.06. The van der Waals surface area contributed by atoms with Crippen molar-refractivity contribution in [2.45, 2.75) is 71.4 Å². The van der Waals surface area contributed by atoms with E-state index in [4.69, 9.17) is 5.73 Å². The van der Waals surface area contributed by atoms with Crippen molar-refractivity contribution in [2.24, 2.45) is 17.1 Å². The van der Waals surface area contributed by atoms with Crippen LogP contribution in [0.15, 0.2) is 0 Å². The minimum atomic E-state index is -0.552. The number of nitrogens with zero attached hydrogens (tertiary/aromatic N) is 1. The lowest BCUT2D eigenvalue weighted by Crippen LogP contribution is -2.67. The third-order valence-electron chi connectivity index (χ3n) is 5.51. The van der Waals surface area contributed by atoms with Crippen molar-refractivity contribution in [1.82, 2.24) is 10.2 Å². The Morgan fingerprint density at radius 1 is 1.28 bits per heavy atom. The molecule has 0 bridgehead atoms. The summed E-state index contributed by atoms with van der Waals surface area (Å²) in [7, 11) is 0. The van der Waals surface area contributed by atoms with Gasteiger partial charge in [0, 0.05) is 24.9 Å². The largest absolute Gasteiger partial charge is 0.370 e. The lowest BCUT2D eigenvalue weighted by Gasteiger charge is -2.54. The van der Waals surface area contributed by atoms with Gasteiger partial charge in [0.15, 0.2) is 5.78 Å². The molecule has 0 aromatic carbocycles. The number of primary amides is 1. The van der Waals surface area contributed by atoms with Crippen LogP contribution < -0.4 is 11.1 Å². The van der Waals surface area contributed by atoms with Crippen LogP contribution in [-0.2, 0) is 19.2 Å². The van der Waals surface area contributed by atoms with Gasteiger partial charge in [-0.15, -0.1) is 0 Å². The van der Waals surface area contributed by atoms with E-state index >= 15 is 0 Å². The molecule has 3 amide bonds. The predicted octanol–water partition coefficient (Wildman–Crippen LogP) is 0.753. The molecule has 1 saturated carbocycles. The fraction of sp³-hybridized carbons (Fsp3) is 0.778. The van der Waals surface area contributed by atoms with Crippen molar-refractivity contribution in [3.05, 3.63) is 0 Å². The summed E-state index contributed by atoms with van der Waals surface area (Å²) >= 11 is 0. The normalized spacial score (nSPS) is 27.1. The molecule has 1 spiro atoms. The second-order valence-corrected chi connectivity index (χ2v) is 7.78. The number of Topliss-reactive ketones (excluding diaryl/α,β-unsaturated/α-hetero) is 1. The quantitative estimate of drug-likeness (QED) is 0.660. The van der Waals surface area contributed by atoms with Crippen LogP contribution >= 0.6 is 0 Å². The van der Waals surface area contributed by atoms with Gasteiger partial charge in [0.25, 0.3) is 0 Å². The first-order chi connectivity index (χ1) is 11.7. The number of hydrogen-bond acceptors (Lipinski definition) is 4. The molecule has 1 unspecified atom stereocenters. The molecule has 1 atom stereocenters. The fourth-order valence-electron chi connectivity index (χ4n) is 3.84. The Morgan fingerprint density at radius 2 is 1.88 bits per heavy atom. The maximum atomic E-state index is 12.7. The van der Waals surface area contributed by atoms with Gasteiger partial charge < -0.3 is 16.0 Å². The SMILES string of the molecule is CC(=O)C(CCC(N)=O)N1CC2(CCC(NC(=O)C(C)C)CC2)C1=O. The summed E-state index contributed by atoms with van der Waals surface area (Å²) in [4.78, 5) is 49.0. The Labute approximate surface area is 148 Å². The number of rotatable bonds is 7. The lowest BCUT2D eigenvalue weighted by atomic mass is 9.66. The van der Waals surface area contributed by atoms with Gasteiger partial charge in [0.1, 0.15) is 0 Å². The molecule has 1 saturated heterocycles. The van der Waals surface area contributed by atoms with E-state index in [2.05, 4.69) is 5.32 Å². The minimum absolute atomic E-state index is 0.00538. The van der Waals surface area contributed by atoms with Gasteiger partial charge in [-0.3, -0.25) is 19.2 Å². The molecular formula is C18H29N3O4. The highest BCUT2D eigenvalue weighted by molar-refractivity contribution is 5.94. The van der Waals surface area contributed by atoms with Crippen LogP contribution in [0.2, 0.25) is 0 Å². The van der Waals surface area contributed by atoms with Crippen molar-refractivity contribution in [1.29, 1.82) is 0 Å². The minimum Gasteiger partial charge on any atom is -0.370 e. The summed E-state index contributed by atoms with van der Waals surface area (Å²) in [5, 5.41) is 3.03. The zero-order chi connectivity index (χ0) is 18.8. The van der Waals surface area contributed by atoms with E-state index in [1.165, 1.54) is 6.92 Å². The molecule has 2 fully saturated rings. The third-order valence-corrected chi connectivity index (χ3v) is 5.51. The van der Waals surface area contributed by atoms with E-state index < -0.39 is 11.9 Å². The first-order valence-electron chi connectivity index (χ1n) is 9.06. The number of amides is 3.